The fraction of sp³-hybridized carbons (Fsp3) is 0.435. The smallest absolute Gasteiger partial charge is 0.288 e. The van der Waals surface area contributed by atoms with Crippen LogP contribution in [-0.4, -0.2) is 54.6 Å². The third-order valence-corrected chi connectivity index (χ3v) is 6.27. The molecule has 152 valence electrons. The van der Waals surface area contributed by atoms with E-state index in [-0.39, 0.29) is 11.6 Å². The zero-order valence-electron chi connectivity index (χ0n) is 16.6. The molecular weight excluding hydrogens is 372 g/mol. The third kappa shape index (κ3) is 3.39. The van der Waals surface area contributed by atoms with Gasteiger partial charge in [-0.05, 0) is 61.7 Å². The van der Waals surface area contributed by atoms with E-state index in [0.717, 1.165) is 44.0 Å². The highest BCUT2D eigenvalue weighted by molar-refractivity contribution is 5.78. The zero-order chi connectivity index (χ0) is 20.0. The van der Waals surface area contributed by atoms with Crippen LogP contribution in [0, 0.1) is 11.6 Å². The van der Waals surface area contributed by atoms with Gasteiger partial charge in [-0.3, -0.25) is 0 Å². The molecule has 5 rings (SSSR count). The number of rotatable bonds is 1. The van der Waals surface area contributed by atoms with Crippen molar-refractivity contribution in [2.75, 3.05) is 33.2 Å². The van der Waals surface area contributed by atoms with E-state index >= 15 is 0 Å². The Morgan fingerprint density at radius 2 is 1.90 bits per heavy atom. The van der Waals surface area contributed by atoms with Crippen LogP contribution in [0.4, 0.5) is 8.78 Å². The second-order valence-electron chi connectivity index (χ2n) is 8.47. The Balaban J connectivity index is 1.52. The normalized spacial score (nSPS) is 26.9. The Morgan fingerprint density at radius 1 is 1.10 bits per heavy atom. The molecule has 6 heteroatoms. The minimum absolute atomic E-state index is 0.281. The van der Waals surface area contributed by atoms with Gasteiger partial charge in [0.05, 0.1) is 12.6 Å². The lowest BCUT2D eigenvalue weighted by Crippen LogP contribution is -2.51. The maximum absolute atomic E-state index is 14.1. The van der Waals surface area contributed by atoms with Crippen molar-refractivity contribution in [3.05, 3.63) is 70.8 Å². The maximum Gasteiger partial charge on any atom is 0.288 e. The number of ether oxygens (including phenoxy) is 1. The summed E-state index contributed by atoms with van der Waals surface area (Å²) in [6, 6.07) is 12.1. The highest BCUT2D eigenvalue weighted by Gasteiger charge is 2.44. The van der Waals surface area contributed by atoms with E-state index in [9.17, 15) is 8.78 Å². The average Bonchev–Trinajstić information content (AvgIpc) is 3.09. The van der Waals surface area contributed by atoms with Gasteiger partial charge in [0, 0.05) is 19.2 Å². The summed E-state index contributed by atoms with van der Waals surface area (Å²) in [7, 11) is 2.11. The maximum atomic E-state index is 14.1. The lowest BCUT2D eigenvalue weighted by molar-refractivity contribution is 0.000250. The van der Waals surface area contributed by atoms with Crippen molar-refractivity contribution in [1.29, 1.82) is 0 Å². The largest absolute Gasteiger partial charge is 0.455 e. The van der Waals surface area contributed by atoms with Crippen molar-refractivity contribution in [3.63, 3.8) is 0 Å². The van der Waals surface area contributed by atoms with Gasteiger partial charge in [0.2, 0.25) is 0 Å². The van der Waals surface area contributed by atoms with Crippen molar-refractivity contribution in [1.82, 2.24) is 9.80 Å². The molecule has 0 N–H and O–H groups in total. The Labute approximate surface area is 169 Å². The van der Waals surface area contributed by atoms with Crippen LogP contribution in [0.1, 0.15) is 35.6 Å². The standard InChI is InChI=1S/C23H25F2N3O/c1-27-9-4-8-23(15-27)14-26-22(29-23)28-10-7-16-5-2-3-6-20(16)21(28)17-11-18(24)13-19(25)12-17/h2-3,5-6,11-13,21H,4,7-10,14-15H2,1H3/t21-,23-/m0/s1. The van der Waals surface area contributed by atoms with Crippen molar-refractivity contribution in [2.24, 2.45) is 4.99 Å². The second-order valence-corrected chi connectivity index (χ2v) is 8.47. The van der Waals surface area contributed by atoms with Crippen LogP contribution < -0.4 is 0 Å². The quantitative estimate of drug-likeness (QED) is 0.734. The summed E-state index contributed by atoms with van der Waals surface area (Å²) in [4.78, 5) is 9.14. The number of benzene rings is 2. The highest BCUT2D eigenvalue weighted by atomic mass is 19.1. The molecule has 0 aliphatic carbocycles. The van der Waals surface area contributed by atoms with Crippen molar-refractivity contribution < 1.29 is 13.5 Å². The van der Waals surface area contributed by atoms with E-state index in [4.69, 9.17) is 9.73 Å². The molecule has 29 heavy (non-hydrogen) atoms. The summed E-state index contributed by atoms with van der Waals surface area (Å²) in [6.07, 6.45) is 2.91. The lowest BCUT2D eigenvalue weighted by atomic mass is 9.88. The van der Waals surface area contributed by atoms with Gasteiger partial charge in [0.25, 0.3) is 6.02 Å². The molecule has 0 saturated carbocycles. The molecule has 2 aromatic carbocycles. The molecule has 3 aliphatic heterocycles. The van der Waals surface area contributed by atoms with Gasteiger partial charge in [0.1, 0.15) is 17.2 Å². The number of piperidine rings is 1. The molecule has 1 fully saturated rings. The van der Waals surface area contributed by atoms with E-state index < -0.39 is 11.6 Å². The second kappa shape index (κ2) is 7.10. The van der Waals surface area contributed by atoms with E-state index in [1.54, 1.807) is 0 Å². The number of hydrogen-bond acceptors (Lipinski definition) is 4. The van der Waals surface area contributed by atoms with E-state index in [2.05, 4.69) is 22.9 Å². The number of fused-ring (bicyclic) bond motifs is 1. The molecule has 0 unspecified atom stereocenters. The molecule has 3 aliphatic rings. The summed E-state index contributed by atoms with van der Waals surface area (Å²) < 4.78 is 34.6. The summed E-state index contributed by atoms with van der Waals surface area (Å²) in [5, 5.41) is 0. The fourth-order valence-electron chi connectivity index (χ4n) is 5.02. The summed E-state index contributed by atoms with van der Waals surface area (Å²) in [5.74, 6) is -1.13. The molecule has 0 radical (unpaired) electrons. The molecule has 2 aromatic rings. The van der Waals surface area contributed by atoms with Crippen LogP contribution in [0.2, 0.25) is 0 Å². The van der Waals surface area contributed by atoms with Crippen LogP contribution in [0.25, 0.3) is 0 Å². The van der Waals surface area contributed by atoms with Crippen LogP contribution in [0.15, 0.2) is 47.5 Å². The van der Waals surface area contributed by atoms with Gasteiger partial charge in [-0.2, -0.15) is 0 Å². The van der Waals surface area contributed by atoms with Gasteiger partial charge in [-0.1, -0.05) is 24.3 Å². The molecular formula is C23H25F2N3O. The number of hydrogen-bond donors (Lipinski definition) is 0. The van der Waals surface area contributed by atoms with E-state index in [1.165, 1.54) is 17.7 Å². The van der Waals surface area contributed by atoms with Gasteiger partial charge >= 0.3 is 0 Å². The molecule has 4 nitrogen and oxygen atoms in total. The summed E-state index contributed by atoms with van der Waals surface area (Å²) >= 11 is 0. The van der Waals surface area contributed by atoms with Crippen LogP contribution in [0.5, 0.6) is 0 Å². The number of halogens is 2. The first-order valence-corrected chi connectivity index (χ1v) is 10.3. The average molecular weight is 397 g/mol. The molecule has 0 bridgehead atoms. The van der Waals surface area contributed by atoms with Crippen LogP contribution in [-0.2, 0) is 11.2 Å². The molecule has 1 spiro atoms. The molecule has 3 heterocycles. The van der Waals surface area contributed by atoms with Gasteiger partial charge in [-0.25, -0.2) is 13.8 Å². The Morgan fingerprint density at radius 3 is 2.69 bits per heavy atom. The lowest BCUT2D eigenvalue weighted by Gasteiger charge is -2.41. The van der Waals surface area contributed by atoms with E-state index in [1.807, 2.05) is 18.2 Å². The molecule has 0 aromatic heterocycles. The summed E-state index contributed by atoms with van der Waals surface area (Å²) in [6.45, 7) is 3.26. The van der Waals surface area contributed by atoms with Crippen molar-refractivity contribution in [2.45, 2.75) is 30.9 Å². The van der Waals surface area contributed by atoms with Crippen molar-refractivity contribution >= 4 is 6.02 Å². The first-order valence-electron chi connectivity index (χ1n) is 10.3. The minimum atomic E-state index is -0.567. The number of aliphatic imine (C=N–C) groups is 1. The zero-order valence-corrected chi connectivity index (χ0v) is 16.6. The van der Waals surface area contributed by atoms with Gasteiger partial charge in [-0.15, -0.1) is 0 Å². The highest BCUT2D eigenvalue weighted by Crippen LogP contribution is 2.39. The van der Waals surface area contributed by atoms with Gasteiger partial charge < -0.3 is 14.5 Å². The number of amidine groups is 1. The molecule has 2 atom stereocenters. The van der Waals surface area contributed by atoms with Gasteiger partial charge in [0.15, 0.2) is 0 Å². The number of nitrogens with zero attached hydrogens (tertiary/aromatic N) is 3. The predicted molar refractivity (Wildman–Crippen MR) is 108 cm³/mol. The van der Waals surface area contributed by atoms with Crippen LogP contribution >= 0.6 is 0 Å². The number of likely N-dealkylation sites (tertiary alicyclic amines) is 1. The third-order valence-electron chi connectivity index (χ3n) is 6.27. The molecule has 0 amide bonds. The Hall–Kier alpha value is -2.47. The monoisotopic (exact) mass is 397 g/mol. The summed E-state index contributed by atoms with van der Waals surface area (Å²) in [5.41, 5.74) is 2.56. The SMILES string of the molecule is CN1CCC[C@]2(CN=C(N3CCc4ccccc4[C@@H]3c3cc(F)cc(F)c3)O2)C1. The first kappa shape index (κ1) is 18.6. The van der Waals surface area contributed by atoms with Crippen LogP contribution in [0.3, 0.4) is 0 Å². The van der Waals surface area contributed by atoms with Crippen molar-refractivity contribution in [3.8, 4) is 0 Å². The Kier molecular flexibility index (Phi) is 4.54. The predicted octanol–water partition coefficient (Wildman–Crippen LogP) is 3.76. The minimum Gasteiger partial charge on any atom is -0.455 e. The Bertz CT molecular complexity index is 943. The topological polar surface area (TPSA) is 28.1 Å². The number of likely N-dealkylation sites (N-methyl/N-ethyl adjacent to an activating group) is 1. The fourth-order valence-corrected chi connectivity index (χ4v) is 5.02. The molecule has 1 saturated heterocycles. The van der Waals surface area contributed by atoms with E-state index in [0.29, 0.717) is 24.7 Å². The first-order chi connectivity index (χ1) is 14.0.